The third-order valence-corrected chi connectivity index (χ3v) is 5.66. The molecule has 0 unspecified atom stereocenters. The molecule has 2 aromatic rings. The standard InChI is InChI=1S/C19H21ClN2O3/c1-19(5-6-19)18(24)22-8-3-13(4-9-22)25-16-10-12-2-7-21-17(23)14(12)11-15(16)20/h2,7,10-11,13H,3-6,8-9H2,1H3,(H,21,23). The molecule has 1 aliphatic carbocycles. The maximum absolute atomic E-state index is 12.4. The molecule has 0 atom stereocenters. The van der Waals surface area contributed by atoms with Crippen molar-refractivity contribution in [1.82, 2.24) is 9.88 Å². The molecule has 1 saturated carbocycles. The van der Waals surface area contributed by atoms with Gasteiger partial charge in [0.2, 0.25) is 5.91 Å². The Bertz CT molecular complexity index is 880. The summed E-state index contributed by atoms with van der Waals surface area (Å²) < 4.78 is 6.08. The molecule has 4 rings (SSSR count). The number of carbonyl (C=O) groups is 1. The Hall–Kier alpha value is -2.01. The lowest BCUT2D eigenvalue weighted by Gasteiger charge is -2.34. The van der Waals surface area contributed by atoms with Crippen molar-refractivity contribution in [2.45, 2.75) is 38.7 Å². The Morgan fingerprint density at radius 1 is 1.32 bits per heavy atom. The number of ether oxygens (including phenoxy) is 1. The zero-order valence-corrected chi connectivity index (χ0v) is 14.9. The first-order valence-electron chi connectivity index (χ1n) is 8.73. The van der Waals surface area contributed by atoms with Gasteiger partial charge >= 0.3 is 0 Å². The van der Waals surface area contributed by atoms with Crippen molar-refractivity contribution in [3.63, 3.8) is 0 Å². The van der Waals surface area contributed by atoms with Gasteiger partial charge in [-0.05, 0) is 36.4 Å². The second-order valence-electron chi connectivity index (χ2n) is 7.35. The summed E-state index contributed by atoms with van der Waals surface area (Å²) in [5.74, 6) is 0.882. The maximum Gasteiger partial charge on any atom is 0.255 e. The van der Waals surface area contributed by atoms with Gasteiger partial charge in [-0.15, -0.1) is 0 Å². The van der Waals surface area contributed by atoms with Gasteiger partial charge in [0, 0.05) is 42.9 Å². The van der Waals surface area contributed by atoms with Crippen LogP contribution in [-0.2, 0) is 4.79 Å². The molecule has 5 nitrogen and oxygen atoms in total. The number of piperidine rings is 1. The number of benzene rings is 1. The molecule has 1 amide bonds. The van der Waals surface area contributed by atoms with Crippen LogP contribution in [0.25, 0.3) is 10.8 Å². The van der Waals surface area contributed by atoms with Gasteiger partial charge in [0.25, 0.3) is 5.56 Å². The summed E-state index contributed by atoms with van der Waals surface area (Å²) in [6.07, 6.45) is 5.26. The number of likely N-dealkylation sites (tertiary alicyclic amines) is 1. The lowest BCUT2D eigenvalue weighted by atomic mass is 10.0. The number of hydrogen-bond acceptors (Lipinski definition) is 3. The van der Waals surface area contributed by atoms with Crippen molar-refractivity contribution in [1.29, 1.82) is 0 Å². The van der Waals surface area contributed by atoms with Crippen molar-refractivity contribution >= 4 is 28.3 Å². The molecule has 6 heteroatoms. The predicted octanol–water partition coefficient (Wildman–Crippen LogP) is 3.35. The molecule has 1 saturated heterocycles. The molecule has 2 fully saturated rings. The lowest BCUT2D eigenvalue weighted by Crippen LogP contribution is -2.44. The zero-order chi connectivity index (χ0) is 17.6. The van der Waals surface area contributed by atoms with Crippen LogP contribution in [0.15, 0.2) is 29.2 Å². The highest BCUT2D eigenvalue weighted by atomic mass is 35.5. The van der Waals surface area contributed by atoms with E-state index in [9.17, 15) is 9.59 Å². The molecule has 2 aliphatic rings. The number of aromatic amines is 1. The van der Waals surface area contributed by atoms with Gasteiger partial charge < -0.3 is 14.6 Å². The van der Waals surface area contributed by atoms with Crippen LogP contribution in [0, 0.1) is 5.41 Å². The molecule has 0 spiro atoms. The molecule has 1 N–H and O–H groups in total. The van der Waals surface area contributed by atoms with Gasteiger partial charge in [-0.3, -0.25) is 9.59 Å². The van der Waals surface area contributed by atoms with Crippen molar-refractivity contribution < 1.29 is 9.53 Å². The molecule has 0 radical (unpaired) electrons. The van der Waals surface area contributed by atoms with E-state index in [2.05, 4.69) is 11.9 Å². The Morgan fingerprint density at radius 3 is 2.72 bits per heavy atom. The van der Waals surface area contributed by atoms with Crippen LogP contribution in [-0.4, -0.2) is 35.0 Å². The summed E-state index contributed by atoms with van der Waals surface area (Å²) in [6, 6.07) is 5.30. The third kappa shape index (κ3) is 3.13. The summed E-state index contributed by atoms with van der Waals surface area (Å²) in [5, 5.41) is 1.79. The first-order chi connectivity index (χ1) is 12.0. The van der Waals surface area contributed by atoms with Crippen molar-refractivity contribution in [2.24, 2.45) is 5.41 Å². The summed E-state index contributed by atoms with van der Waals surface area (Å²) in [4.78, 5) is 28.8. The Balaban J connectivity index is 1.45. The van der Waals surface area contributed by atoms with E-state index in [4.69, 9.17) is 16.3 Å². The van der Waals surface area contributed by atoms with E-state index < -0.39 is 0 Å². The average Bonchev–Trinajstić information content (AvgIpc) is 3.35. The number of H-pyrrole nitrogens is 1. The number of hydrogen-bond donors (Lipinski definition) is 1. The van der Waals surface area contributed by atoms with Crippen LogP contribution >= 0.6 is 11.6 Å². The van der Waals surface area contributed by atoms with Gasteiger partial charge in [-0.2, -0.15) is 0 Å². The predicted molar refractivity (Wildman–Crippen MR) is 97.1 cm³/mol. The average molecular weight is 361 g/mol. The topological polar surface area (TPSA) is 62.4 Å². The number of pyridine rings is 1. The van der Waals surface area contributed by atoms with Crippen LogP contribution in [0.1, 0.15) is 32.6 Å². The monoisotopic (exact) mass is 360 g/mol. The summed E-state index contributed by atoms with van der Waals surface area (Å²) >= 11 is 6.30. The van der Waals surface area contributed by atoms with Crippen LogP contribution in [0.4, 0.5) is 0 Å². The largest absolute Gasteiger partial charge is 0.489 e. The summed E-state index contributed by atoms with van der Waals surface area (Å²) in [7, 11) is 0. The fourth-order valence-electron chi connectivity index (χ4n) is 3.42. The first kappa shape index (κ1) is 16.5. The number of rotatable bonds is 3. The van der Waals surface area contributed by atoms with Gasteiger partial charge in [0.1, 0.15) is 11.9 Å². The Morgan fingerprint density at radius 2 is 2.04 bits per heavy atom. The van der Waals surface area contributed by atoms with E-state index in [1.54, 1.807) is 12.3 Å². The first-order valence-corrected chi connectivity index (χ1v) is 9.11. The molecule has 0 bridgehead atoms. The number of nitrogens with zero attached hydrogens (tertiary/aromatic N) is 1. The molecule has 1 aliphatic heterocycles. The molecule has 1 aromatic heterocycles. The third-order valence-electron chi connectivity index (χ3n) is 5.37. The normalized spacial score (nSPS) is 19.8. The van der Waals surface area contributed by atoms with Crippen LogP contribution < -0.4 is 10.3 Å². The van der Waals surface area contributed by atoms with Crippen LogP contribution in [0.3, 0.4) is 0 Å². The van der Waals surface area contributed by atoms with Crippen molar-refractivity contribution in [3.8, 4) is 5.75 Å². The second-order valence-corrected chi connectivity index (χ2v) is 7.75. The quantitative estimate of drug-likeness (QED) is 0.913. The minimum atomic E-state index is -0.161. The Labute approximate surface area is 150 Å². The number of halogens is 1. The van der Waals surface area contributed by atoms with Crippen molar-refractivity contribution in [3.05, 3.63) is 39.8 Å². The number of nitrogens with one attached hydrogen (secondary N) is 1. The fourth-order valence-corrected chi connectivity index (χ4v) is 3.63. The minimum absolute atomic E-state index is 0.0352. The molecular formula is C19H21ClN2O3. The fraction of sp³-hybridized carbons (Fsp3) is 0.474. The van der Waals surface area contributed by atoms with Gasteiger partial charge in [0.05, 0.1) is 5.02 Å². The van der Waals surface area contributed by atoms with E-state index in [1.807, 2.05) is 17.0 Å². The molecular weight excluding hydrogens is 340 g/mol. The molecule has 132 valence electrons. The zero-order valence-electron chi connectivity index (χ0n) is 14.2. The number of carbonyl (C=O) groups excluding carboxylic acids is 1. The highest BCUT2D eigenvalue weighted by Gasteiger charge is 2.47. The molecule has 1 aromatic carbocycles. The molecule has 2 heterocycles. The van der Waals surface area contributed by atoms with Crippen LogP contribution in [0.5, 0.6) is 5.75 Å². The van der Waals surface area contributed by atoms with Gasteiger partial charge in [-0.1, -0.05) is 18.5 Å². The van der Waals surface area contributed by atoms with E-state index in [0.29, 0.717) is 16.2 Å². The maximum atomic E-state index is 12.4. The van der Waals surface area contributed by atoms with E-state index in [1.165, 1.54) is 0 Å². The Kier molecular flexibility index (Phi) is 3.99. The second kappa shape index (κ2) is 6.06. The highest BCUT2D eigenvalue weighted by Crippen LogP contribution is 2.46. The van der Waals surface area contributed by atoms with E-state index >= 15 is 0 Å². The summed E-state index contributed by atoms with van der Waals surface area (Å²) in [6.45, 7) is 3.50. The van der Waals surface area contributed by atoms with Gasteiger partial charge in [0.15, 0.2) is 0 Å². The van der Waals surface area contributed by atoms with E-state index in [-0.39, 0.29) is 23.0 Å². The SMILES string of the molecule is CC1(C(=O)N2CCC(Oc3cc4cc[nH]c(=O)c4cc3Cl)CC2)CC1. The highest BCUT2D eigenvalue weighted by molar-refractivity contribution is 6.32. The van der Waals surface area contributed by atoms with Crippen LogP contribution in [0.2, 0.25) is 5.02 Å². The minimum Gasteiger partial charge on any atom is -0.489 e. The number of fused-ring (bicyclic) bond motifs is 1. The summed E-state index contributed by atoms with van der Waals surface area (Å²) in [5.41, 5.74) is -0.270. The number of amides is 1. The number of aromatic nitrogens is 1. The molecule has 25 heavy (non-hydrogen) atoms. The van der Waals surface area contributed by atoms with Gasteiger partial charge in [-0.25, -0.2) is 0 Å². The lowest BCUT2D eigenvalue weighted by molar-refractivity contribution is -0.138. The smallest absolute Gasteiger partial charge is 0.255 e. The van der Waals surface area contributed by atoms with E-state index in [0.717, 1.165) is 44.2 Å². The van der Waals surface area contributed by atoms with Crippen molar-refractivity contribution in [2.75, 3.05) is 13.1 Å².